The van der Waals surface area contributed by atoms with Crippen LogP contribution in [-0.4, -0.2) is 35.2 Å². The third-order valence-corrected chi connectivity index (χ3v) is 5.43. The first-order valence-electron chi connectivity index (χ1n) is 9.44. The number of pyridine rings is 1. The van der Waals surface area contributed by atoms with Crippen LogP contribution < -0.4 is 10.2 Å². The minimum Gasteiger partial charge on any atom is -0.481 e. The van der Waals surface area contributed by atoms with Gasteiger partial charge < -0.3 is 9.84 Å². The largest absolute Gasteiger partial charge is 0.481 e. The molecule has 1 aliphatic carbocycles. The number of hydrogen-bond acceptors (Lipinski definition) is 4. The summed E-state index contributed by atoms with van der Waals surface area (Å²) in [5.74, 6) is -0.361. The minimum atomic E-state index is -0.816. The lowest BCUT2D eigenvalue weighted by Crippen LogP contribution is -2.50. The second-order valence-corrected chi connectivity index (χ2v) is 7.62. The summed E-state index contributed by atoms with van der Waals surface area (Å²) in [6.45, 7) is 1.92. The molecule has 1 heterocycles. The van der Waals surface area contributed by atoms with Crippen molar-refractivity contribution in [3.63, 3.8) is 0 Å². The van der Waals surface area contributed by atoms with Crippen molar-refractivity contribution < 1.29 is 19.4 Å². The molecular formula is C21H24ClN3O4. The van der Waals surface area contributed by atoms with Crippen molar-refractivity contribution >= 4 is 35.1 Å². The quantitative estimate of drug-likeness (QED) is 0.679. The Morgan fingerprint density at radius 1 is 1.31 bits per heavy atom. The van der Waals surface area contributed by atoms with Gasteiger partial charge in [-0.3, -0.25) is 15.0 Å². The molecule has 1 aromatic carbocycles. The fraction of sp³-hybridized carbons (Fsp3) is 0.381. The number of rotatable bonds is 7. The van der Waals surface area contributed by atoms with E-state index in [2.05, 4.69) is 10.3 Å². The van der Waals surface area contributed by atoms with Crippen LogP contribution in [0.2, 0.25) is 5.02 Å². The number of nitrogens with zero attached hydrogens (tertiary/aromatic N) is 2. The van der Waals surface area contributed by atoms with E-state index in [4.69, 9.17) is 21.4 Å². The van der Waals surface area contributed by atoms with Gasteiger partial charge in [-0.25, -0.2) is 9.78 Å². The summed E-state index contributed by atoms with van der Waals surface area (Å²) < 4.78 is 5.48. The number of carbonyl (C=O) groups is 2. The number of carboxylic acids is 1. The van der Waals surface area contributed by atoms with Gasteiger partial charge in [0.05, 0.1) is 16.8 Å². The highest BCUT2D eigenvalue weighted by Gasteiger charge is 2.39. The lowest BCUT2D eigenvalue weighted by molar-refractivity contribution is -0.138. The van der Waals surface area contributed by atoms with E-state index in [9.17, 15) is 9.59 Å². The van der Waals surface area contributed by atoms with Crippen molar-refractivity contribution in [2.45, 2.75) is 38.3 Å². The second-order valence-electron chi connectivity index (χ2n) is 7.19. The Morgan fingerprint density at radius 2 is 2.03 bits per heavy atom. The number of anilines is 2. The van der Waals surface area contributed by atoms with Gasteiger partial charge in [-0.05, 0) is 43.9 Å². The zero-order valence-corrected chi connectivity index (χ0v) is 17.1. The molecule has 0 radical (unpaired) electrons. The van der Waals surface area contributed by atoms with Crippen molar-refractivity contribution in [2.75, 3.05) is 17.3 Å². The van der Waals surface area contributed by atoms with Crippen LogP contribution in [0.4, 0.5) is 16.3 Å². The topological polar surface area (TPSA) is 91.8 Å². The Balaban J connectivity index is 1.88. The van der Waals surface area contributed by atoms with Crippen molar-refractivity contribution in [1.29, 1.82) is 0 Å². The van der Waals surface area contributed by atoms with Crippen molar-refractivity contribution in [3.8, 4) is 0 Å². The fourth-order valence-corrected chi connectivity index (χ4v) is 3.71. The minimum absolute atomic E-state index is 0.0634. The Bertz CT molecular complexity index is 868. The fourth-order valence-electron chi connectivity index (χ4n) is 3.59. The third kappa shape index (κ3) is 5.05. The summed E-state index contributed by atoms with van der Waals surface area (Å²) in [6, 6.07) is 10.4. The van der Waals surface area contributed by atoms with E-state index >= 15 is 0 Å². The Hall–Kier alpha value is -2.64. The molecule has 2 amide bonds. The maximum absolute atomic E-state index is 13.2. The van der Waals surface area contributed by atoms with Gasteiger partial charge in [0.15, 0.2) is 0 Å². The molecule has 8 heteroatoms. The molecule has 1 aromatic heterocycles. The molecule has 1 atom stereocenters. The van der Waals surface area contributed by atoms with Gasteiger partial charge in [-0.15, -0.1) is 0 Å². The number of carboxylic acid groups (broad SMARTS) is 1. The number of para-hydroxylation sites is 1. The van der Waals surface area contributed by atoms with Crippen molar-refractivity contribution in [3.05, 3.63) is 53.2 Å². The number of urea groups is 1. The SMILES string of the molecule is COC(C)c1ccccc1N(C(=O)Nc1ccc(Cl)cn1)C1CC(CC(=O)O)C1. The van der Waals surface area contributed by atoms with Crippen LogP contribution in [0.5, 0.6) is 0 Å². The number of aliphatic carboxylic acids is 1. The number of aromatic nitrogens is 1. The van der Waals surface area contributed by atoms with E-state index in [0.717, 1.165) is 11.3 Å². The van der Waals surface area contributed by atoms with Crippen LogP contribution in [0.3, 0.4) is 0 Å². The van der Waals surface area contributed by atoms with Crippen LogP contribution >= 0.6 is 11.6 Å². The molecule has 0 spiro atoms. The number of halogens is 1. The van der Waals surface area contributed by atoms with E-state index in [1.54, 1.807) is 24.1 Å². The van der Waals surface area contributed by atoms with E-state index in [-0.39, 0.29) is 30.5 Å². The molecule has 7 nitrogen and oxygen atoms in total. The van der Waals surface area contributed by atoms with Crippen molar-refractivity contribution in [1.82, 2.24) is 4.98 Å². The van der Waals surface area contributed by atoms with Crippen LogP contribution in [0.15, 0.2) is 42.6 Å². The number of hydrogen-bond donors (Lipinski definition) is 2. The number of ether oxygens (including phenoxy) is 1. The summed E-state index contributed by atoms with van der Waals surface area (Å²) in [7, 11) is 1.62. The number of nitrogens with one attached hydrogen (secondary N) is 1. The monoisotopic (exact) mass is 417 g/mol. The zero-order chi connectivity index (χ0) is 21.0. The molecule has 154 valence electrons. The summed E-state index contributed by atoms with van der Waals surface area (Å²) in [5, 5.41) is 12.3. The molecular weight excluding hydrogens is 394 g/mol. The maximum Gasteiger partial charge on any atom is 0.327 e. The maximum atomic E-state index is 13.2. The summed E-state index contributed by atoms with van der Waals surface area (Å²) >= 11 is 5.87. The Kier molecular flexibility index (Phi) is 6.71. The molecule has 0 bridgehead atoms. The predicted octanol–water partition coefficient (Wildman–Crippen LogP) is 4.73. The van der Waals surface area contributed by atoms with Crippen LogP contribution in [0, 0.1) is 5.92 Å². The lowest BCUT2D eigenvalue weighted by atomic mass is 9.77. The van der Waals surface area contributed by atoms with E-state index in [1.165, 1.54) is 6.20 Å². The highest BCUT2D eigenvalue weighted by atomic mass is 35.5. The van der Waals surface area contributed by atoms with E-state index < -0.39 is 5.97 Å². The predicted molar refractivity (Wildman–Crippen MR) is 111 cm³/mol. The molecule has 3 rings (SSSR count). The molecule has 1 unspecified atom stereocenters. The average molecular weight is 418 g/mol. The van der Waals surface area contributed by atoms with Gasteiger partial charge in [0.2, 0.25) is 0 Å². The van der Waals surface area contributed by atoms with Gasteiger partial charge in [0, 0.05) is 31.3 Å². The van der Waals surface area contributed by atoms with Crippen LogP contribution in [0.1, 0.15) is 37.9 Å². The van der Waals surface area contributed by atoms with Gasteiger partial charge in [0.1, 0.15) is 5.82 Å². The summed E-state index contributed by atoms with van der Waals surface area (Å²) in [6.07, 6.45) is 2.63. The van der Waals surface area contributed by atoms with Crippen LogP contribution in [-0.2, 0) is 9.53 Å². The molecule has 2 N–H and O–H groups in total. The van der Waals surface area contributed by atoms with Gasteiger partial charge in [-0.2, -0.15) is 0 Å². The molecule has 0 saturated heterocycles. The van der Waals surface area contributed by atoms with E-state index in [0.29, 0.717) is 23.7 Å². The number of methoxy groups -OCH3 is 1. The van der Waals surface area contributed by atoms with Gasteiger partial charge in [0.25, 0.3) is 0 Å². The first kappa shape index (κ1) is 21.1. The number of amides is 2. The molecule has 2 aromatic rings. The average Bonchev–Trinajstić information content (AvgIpc) is 2.67. The first-order valence-corrected chi connectivity index (χ1v) is 9.82. The standard InChI is InChI=1S/C21H24ClN3O4/c1-13(29-2)17-5-3-4-6-18(17)25(16-9-14(10-16)11-20(26)27)21(28)24-19-8-7-15(22)12-23-19/h3-8,12-14,16H,9-11H2,1-2H3,(H,26,27)(H,23,24,28). The molecule has 0 aliphatic heterocycles. The smallest absolute Gasteiger partial charge is 0.327 e. The lowest BCUT2D eigenvalue weighted by Gasteiger charge is -2.43. The highest BCUT2D eigenvalue weighted by Crippen LogP contribution is 2.39. The Labute approximate surface area is 174 Å². The van der Waals surface area contributed by atoms with Crippen LogP contribution in [0.25, 0.3) is 0 Å². The molecule has 29 heavy (non-hydrogen) atoms. The number of benzene rings is 1. The molecule has 1 aliphatic rings. The third-order valence-electron chi connectivity index (χ3n) is 5.21. The summed E-state index contributed by atoms with van der Waals surface area (Å²) in [4.78, 5) is 30.0. The summed E-state index contributed by atoms with van der Waals surface area (Å²) in [5.41, 5.74) is 1.63. The van der Waals surface area contributed by atoms with Crippen molar-refractivity contribution in [2.24, 2.45) is 5.92 Å². The van der Waals surface area contributed by atoms with E-state index in [1.807, 2.05) is 31.2 Å². The first-order chi connectivity index (χ1) is 13.9. The molecule has 1 fully saturated rings. The number of carbonyl (C=O) groups excluding carboxylic acids is 1. The molecule has 1 saturated carbocycles. The van der Waals surface area contributed by atoms with Gasteiger partial charge >= 0.3 is 12.0 Å². The zero-order valence-electron chi connectivity index (χ0n) is 16.3. The Morgan fingerprint density at radius 3 is 2.66 bits per heavy atom. The normalized spacial score (nSPS) is 19.1. The second kappa shape index (κ2) is 9.24. The highest BCUT2D eigenvalue weighted by molar-refractivity contribution is 6.30. The van der Waals surface area contributed by atoms with Gasteiger partial charge in [-0.1, -0.05) is 29.8 Å².